The number of rotatable bonds is 5. The summed E-state index contributed by atoms with van der Waals surface area (Å²) in [5.74, 6) is -0.0295. The molecular formula is C10H17N3OS. The van der Waals surface area contributed by atoms with E-state index in [1.807, 2.05) is 6.92 Å². The van der Waals surface area contributed by atoms with E-state index in [4.69, 9.17) is 5.73 Å². The molecule has 0 atom stereocenters. The second-order valence-electron chi connectivity index (χ2n) is 3.34. The van der Waals surface area contributed by atoms with Crippen LogP contribution < -0.4 is 11.1 Å². The molecule has 3 N–H and O–H groups in total. The van der Waals surface area contributed by atoms with Crippen molar-refractivity contribution in [1.82, 2.24) is 10.3 Å². The predicted molar refractivity (Wildman–Crippen MR) is 62.0 cm³/mol. The van der Waals surface area contributed by atoms with E-state index in [1.54, 1.807) is 0 Å². The summed E-state index contributed by atoms with van der Waals surface area (Å²) in [5, 5.41) is 3.68. The largest absolute Gasteiger partial charge is 0.351 e. The number of hydrogen-bond donors (Lipinski definition) is 2. The molecule has 1 heterocycles. The van der Waals surface area contributed by atoms with Gasteiger partial charge in [-0.3, -0.25) is 4.79 Å². The van der Waals surface area contributed by atoms with E-state index >= 15 is 0 Å². The Labute approximate surface area is 93.9 Å². The van der Waals surface area contributed by atoms with E-state index in [0.717, 1.165) is 30.1 Å². The van der Waals surface area contributed by atoms with Gasteiger partial charge < -0.3 is 11.1 Å². The normalized spacial score (nSPS) is 10.3. The van der Waals surface area contributed by atoms with Gasteiger partial charge >= 0.3 is 0 Å². The standard InChI is InChI=1S/C10H17N3OS/c1-3-4-5-12-10(14)9-7(2)13-8(6-11)15-9/h3-6,11H2,1-2H3,(H,12,14). The molecule has 1 rings (SSSR count). The Morgan fingerprint density at radius 2 is 2.33 bits per heavy atom. The molecule has 4 nitrogen and oxygen atoms in total. The number of unbranched alkanes of at least 4 members (excludes halogenated alkanes) is 1. The molecule has 0 saturated heterocycles. The van der Waals surface area contributed by atoms with Crippen molar-refractivity contribution in [3.05, 3.63) is 15.6 Å². The van der Waals surface area contributed by atoms with E-state index in [9.17, 15) is 4.79 Å². The topological polar surface area (TPSA) is 68.0 Å². The van der Waals surface area contributed by atoms with Gasteiger partial charge in [-0.1, -0.05) is 13.3 Å². The Kier molecular flexibility index (Phi) is 4.71. The average Bonchev–Trinajstić information content (AvgIpc) is 2.60. The van der Waals surface area contributed by atoms with Gasteiger partial charge in [-0.05, 0) is 13.3 Å². The van der Waals surface area contributed by atoms with E-state index < -0.39 is 0 Å². The molecule has 0 radical (unpaired) electrons. The third-order valence-corrected chi connectivity index (χ3v) is 3.22. The van der Waals surface area contributed by atoms with Gasteiger partial charge in [-0.2, -0.15) is 0 Å². The smallest absolute Gasteiger partial charge is 0.263 e. The minimum atomic E-state index is -0.0295. The summed E-state index contributed by atoms with van der Waals surface area (Å²) in [6, 6.07) is 0. The van der Waals surface area contributed by atoms with Crippen molar-refractivity contribution in [1.29, 1.82) is 0 Å². The zero-order valence-corrected chi connectivity index (χ0v) is 9.99. The first-order chi connectivity index (χ1) is 7.19. The first-order valence-corrected chi connectivity index (χ1v) is 5.95. The molecule has 1 aromatic rings. The molecule has 15 heavy (non-hydrogen) atoms. The second-order valence-corrected chi connectivity index (χ2v) is 4.42. The number of aromatic nitrogens is 1. The van der Waals surface area contributed by atoms with Crippen molar-refractivity contribution in [3.8, 4) is 0 Å². The Morgan fingerprint density at radius 1 is 1.60 bits per heavy atom. The first kappa shape index (κ1) is 12.1. The number of amides is 1. The Hall–Kier alpha value is -0.940. The van der Waals surface area contributed by atoms with Crippen LogP contribution in [0.4, 0.5) is 0 Å². The summed E-state index contributed by atoms with van der Waals surface area (Å²) in [6.45, 7) is 5.05. The third-order valence-electron chi connectivity index (χ3n) is 2.04. The molecule has 1 amide bonds. The van der Waals surface area contributed by atoms with Crippen LogP contribution in [0.3, 0.4) is 0 Å². The molecule has 0 aromatic carbocycles. The minimum absolute atomic E-state index is 0.0295. The maximum Gasteiger partial charge on any atom is 0.263 e. The maximum absolute atomic E-state index is 11.7. The van der Waals surface area contributed by atoms with Crippen LogP contribution in [0.2, 0.25) is 0 Å². The van der Waals surface area contributed by atoms with Crippen LogP contribution in [0.1, 0.15) is 40.1 Å². The SMILES string of the molecule is CCCCNC(=O)c1sc(CN)nc1C. The van der Waals surface area contributed by atoms with Crippen LogP contribution >= 0.6 is 11.3 Å². The van der Waals surface area contributed by atoms with Crippen LogP contribution in [-0.2, 0) is 6.54 Å². The highest BCUT2D eigenvalue weighted by molar-refractivity contribution is 7.13. The van der Waals surface area contributed by atoms with Gasteiger partial charge in [0.15, 0.2) is 0 Å². The van der Waals surface area contributed by atoms with E-state index in [-0.39, 0.29) is 5.91 Å². The summed E-state index contributed by atoms with van der Waals surface area (Å²) in [4.78, 5) is 16.6. The molecule has 1 aromatic heterocycles. The molecule has 0 unspecified atom stereocenters. The molecule has 0 aliphatic carbocycles. The van der Waals surface area contributed by atoms with Crippen LogP contribution in [0, 0.1) is 6.92 Å². The lowest BCUT2D eigenvalue weighted by atomic mass is 10.3. The van der Waals surface area contributed by atoms with Crippen molar-refractivity contribution in [2.24, 2.45) is 5.73 Å². The number of nitrogens with zero attached hydrogens (tertiary/aromatic N) is 1. The van der Waals surface area contributed by atoms with Gasteiger partial charge in [0.1, 0.15) is 9.88 Å². The van der Waals surface area contributed by atoms with Crippen LogP contribution in [0.5, 0.6) is 0 Å². The number of nitrogens with two attached hydrogens (primary N) is 1. The molecule has 0 aliphatic rings. The number of nitrogens with one attached hydrogen (secondary N) is 1. The number of carbonyl (C=O) groups is 1. The fraction of sp³-hybridized carbons (Fsp3) is 0.600. The van der Waals surface area contributed by atoms with Crippen LogP contribution in [0.15, 0.2) is 0 Å². The summed E-state index contributed by atoms with van der Waals surface area (Å²) in [5.41, 5.74) is 6.24. The molecule has 0 bridgehead atoms. The van der Waals surface area contributed by atoms with Gasteiger partial charge in [0.25, 0.3) is 5.91 Å². The highest BCUT2D eigenvalue weighted by atomic mass is 32.1. The molecule has 0 spiro atoms. The second kappa shape index (κ2) is 5.82. The predicted octanol–water partition coefficient (Wildman–Crippen LogP) is 1.44. The quantitative estimate of drug-likeness (QED) is 0.748. The zero-order valence-electron chi connectivity index (χ0n) is 9.17. The number of aryl methyl sites for hydroxylation is 1. The molecule has 0 saturated carbocycles. The van der Waals surface area contributed by atoms with Crippen molar-refractivity contribution >= 4 is 17.2 Å². The lowest BCUT2D eigenvalue weighted by Crippen LogP contribution is -2.24. The maximum atomic E-state index is 11.7. The third kappa shape index (κ3) is 3.28. The summed E-state index contributed by atoms with van der Waals surface area (Å²) >= 11 is 1.38. The molecule has 84 valence electrons. The Balaban J connectivity index is 2.60. The van der Waals surface area contributed by atoms with Gasteiger partial charge in [0, 0.05) is 13.1 Å². The lowest BCUT2D eigenvalue weighted by Gasteiger charge is -2.01. The van der Waals surface area contributed by atoms with Gasteiger partial charge in [0.05, 0.1) is 5.69 Å². The Bertz CT molecular complexity index is 335. The van der Waals surface area contributed by atoms with Crippen molar-refractivity contribution in [2.75, 3.05) is 6.54 Å². The number of thiazole rings is 1. The van der Waals surface area contributed by atoms with Crippen LogP contribution in [0.25, 0.3) is 0 Å². The van der Waals surface area contributed by atoms with Gasteiger partial charge in [0.2, 0.25) is 0 Å². The van der Waals surface area contributed by atoms with Gasteiger partial charge in [-0.15, -0.1) is 11.3 Å². The van der Waals surface area contributed by atoms with Crippen molar-refractivity contribution < 1.29 is 4.79 Å². The molecule has 0 aliphatic heterocycles. The van der Waals surface area contributed by atoms with Crippen molar-refractivity contribution in [2.45, 2.75) is 33.2 Å². The highest BCUT2D eigenvalue weighted by Crippen LogP contribution is 2.17. The fourth-order valence-corrected chi connectivity index (χ4v) is 2.07. The number of carbonyl (C=O) groups excluding carboxylic acids is 1. The lowest BCUT2D eigenvalue weighted by molar-refractivity contribution is 0.0956. The van der Waals surface area contributed by atoms with E-state index in [2.05, 4.69) is 17.2 Å². The average molecular weight is 227 g/mol. The van der Waals surface area contributed by atoms with Crippen molar-refractivity contribution in [3.63, 3.8) is 0 Å². The highest BCUT2D eigenvalue weighted by Gasteiger charge is 2.13. The molecule has 0 fully saturated rings. The number of hydrogen-bond acceptors (Lipinski definition) is 4. The molecule has 5 heteroatoms. The summed E-state index contributed by atoms with van der Waals surface area (Å²) in [6.07, 6.45) is 2.09. The molecular weight excluding hydrogens is 210 g/mol. The Morgan fingerprint density at radius 3 is 2.87 bits per heavy atom. The monoisotopic (exact) mass is 227 g/mol. The minimum Gasteiger partial charge on any atom is -0.351 e. The fourth-order valence-electron chi connectivity index (χ4n) is 1.21. The summed E-state index contributed by atoms with van der Waals surface area (Å²) in [7, 11) is 0. The van der Waals surface area contributed by atoms with E-state index in [0.29, 0.717) is 11.4 Å². The van der Waals surface area contributed by atoms with E-state index in [1.165, 1.54) is 11.3 Å². The summed E-state index contributed by atoms with van der Waals surface area (Å²) < 4.78 is 0. The van der Waals surface area contributed by atoms with Crippen LogP contribution in [-0.4, -0.2) is 17.4 Å². The zero-order chi connectivity index (χ0) is 11.3. The first-order valence-electron chi connectivity index (χ1n) is 5.13. The van der Waals surface area contributed by atoms with Gasteiger partial charge in [-0.25, -0.2) is 4.98 Å².